The molecular weight excluding hydrogens is 304 g/mol. The molecule has 0 unspecified atom stereocenters. The zero-order chi connectivity index (χ0) is 17.5. The molecule has 0 bridgehead atoms. The van der Waals surface area contributed by atoms with Crippen LogP contribution in [0.5, 0.6) is 0 Å². The maximum atomic E-state index is 12.1. The van der Waals surface area contributed by atoms with Gasteiger partial charge in [-0.05, 0) is 58.1 Å². The van der Waals surface area contributed by atoms with Crippen molar-refractivity contribution in [2.24, 2.45) is 0 Å². The van der Waals surface area contributed by atoms with E-state index in [0.29, 0.717) is 11.3 Å². The third-order valence-corrected chi connectivity index (χ3v) is 4.34. The van der Waals surface area contributed by atoms with Gasteiger partial charge >= 0.3 is 6.03 Å². The third-order valence-electron chi connectivity index (χ3n) is 4.34. The van der Waals surface area contributed by atoms with Gasteiger partial charge in [0.25, 0.3) is 0 Å². The Hall–Kier alpha value is -1.92. The molecule has 6 nitrogen and oxygen atoms in total. The van der Waals surface area contributed by atoms with E-state index in [0.717, 1.165) is 39.0 Å². The maximum absolute atomic E-state index is 12.1. The third kappa shape index (κ3) is 5.94. The van der Waals surface area contributed by atoms with Gasteiger partial charge in [-0.2, -0.15) is 0 Å². The summed E-state index contributed by atoms with van der Waals surface area (Å²) >= 11 is 0. The summed E-state index contributed by atoms with van der Waals surface area (Å²) in [6, 6.07) is 6.98. The molecule has 6 heteroatoms. The highest BCUT2D eigenvalue weighted by Crippen LogP contribution is 2.12. The van der Waals surface area contributed by atoms with Gasteiger partial charge in [-0.3, -0.25) is 4.79 Å². The molecule has 1 aliphatic heterocycles. The van der Waals surface area contributed by atoms with Crippen LogP contribution in [-0.4, -0.2) is 67.9 Å². The first-order chi connectivity index (χ1) is 11.4. The normalized spacial score (nSPS) is 16.2. The molecule has 0 radical (unpaired) electrons. The summed E-state index contributed by atoms with van der Waals surface area (Å²) < 4.78 is 0. The molecule has 0 aromatic heterocycles. The molecule has 2 amide bonds. The van der Waals surface area contributed by atoms with Crippen LogP contribution in [0.1, 0.15) is 30.1 Å². The second-order valence-electron chi connectivity index (χ2n) is 6.65. The van der Waals surface area contributed by atoms with E-state index in [1.165, 1.54) is 6.92 Å². The van der Waals surface area contributed by atoms with Crippen molar-refractivity contribution >= 4 is 17.5 Å². The first-order valence-electron chi connectivity index (χ1n) is 8.49. The fourth-order valence-corrected chi connectivity index (χ4v) is 2.78. The van der Waals surface area contributed by atoms with Crippen molar-refractivity contribution in [3.8, 4) is 0 Å². The number of benzene rings is 1. The number of ketones is 1. The highest BCUT2D eigenvalue weighted by atomic mass is 16.2. The molecule has 132 valence electrons. The van der Waals surface area contributed by atoms with E-state index in [4.69, 9.17) is 0 Å². The molecule has 2 rings (SSSR count). The fourth-order valence-electron chi connectivity index (χ4n) is 2.78. The Labute approximate surface area is 144 Å². The number of anilines is 1. The molecule has 1 aliphatic rings. The van der Waals surface area contributed by atoms with E-state index in [2.05, 4.69) is 34.5 Å². The average Bonchev–Trinajstić information content (AvgIpc) is 2.54. The van der Waals surface area contributed by atoms with Gasteiger partial charge in [0.2, 0.25) is 0 Å². The molecule has 1 fully saturated rings. The summed E-state index contributed by atoms with van der Waals surface area (Å²) in [5.41, 5.74) is 1.34. The lowest BCUT2D eigenvalue weighted by molar-refractivity contribution is 0.101. The van der Waals surface area contributed by atoms with Crippen molar-refractivity contribution in [2.75, 3.05) is 45.6 Å². The number of amides is 2. The van der Waals surface area contributed by atoms with Crippen molar-refractivity contribution in [2.45, 2.75) is 25.8 Å². The summed E-state index contributed by atoms with van der Waals surface area (Å²) in [6.45, 7) is 5.71. The monoisotopic (exact) mass is 332 g/mol. The van der Waals surface area contributed by atoms with E-state index >= 15 is 0 Å². The topological polar surface area (TPSA) is 64.7 Å². The number of carbonyl (C=O) groups is 2. The number of likely N-dealkylation sites (N-methyl/N-ethyl adjacent to an activating group) is 1. The first-order valence-corrected chi connectivity index (χ1v) is 8.49. The van der Waals surface area contributed by atoms with Crippen LogP contribution >= 0.6 is 0 Å². The van der Waals surface area contributed by atoms with Gasteiger partial charge in [-0.15, -0.1) is 0 Å². The number of hydrogen-bond acceptors (Lipinski definition) is 4. The second-order valence-corrected chi connectivity index (χ2v) is 6.65. The van der Waals surface area contributed by atoms with E-state index in [-0.39, 0.29) is 17.9 Å². The lowest BCUT2D eigenvalue weighted by atomic mass is 10.1. The maximum Gasteiger partial charge on any atom is 0.319 e. The number of piperidine rings is 1. The van der Waals surface area contributed by atoms with Crippen LogP contribution < -0.4 is 10.6 Å². The Bertz CT molecular complexity index is 549. The Morgan fingerprint density at radius 1 is 1.17 bits per heavy atom. The van der Waals surface area contributed by atoms with E-state index in [9.17, 15) is 9.59 Å². The van der Waals surface area contributed by atoms with Crippen LogP contribution in [0.2, 0.25) is 0 Å². The van der Waals surface area contributed by atoms with Gasteiger partial charge in [0.1, 0.15) is 0 Å². The fraction of sp³-hybridized carbons (Fsp3) is 0.556. The van der Waals surface area contributed by atoms with Crippen LogP contribution in [0.3, 0.4) is 0 Å². The number of likely N-dealkylation sites (tertiary alicyclic amines) is 1. The van der Waals surface area contributed by atoms with E-state index < -0.39 is 0 Å². The van der Waals surface area contributed by atoms with Gasteiger partial charge in [0.15, 0.2) is 5.78 Å². The highest BCUT2D eigenvalue weighted by molar-refractivity contribution is 5.95. The van der Waals surface area contributed by atoms with Gasteiger partial charge in [0, 0.05) is 43.5 Å². The van der Waals surface area contributed by atoms with E-state index in [1.807, 2.05) is 0 Å². The van der Waals surface area contributed by atoms with Crippen molar-refractivity contribution < 1.29 is 9.59 Å². The predicted octanol–water partition coefficient (Wildman–Crippen LogP) is 2.04. The lowest BCUT2D eigenvalue weighted by Gasteiger charge is -2.32. The smallest absolute Gasteiger partial charge is 0.319 e. The number of Topliss-reactive ketones (excluding diaryl/α,β-unsaturated/α-hetero) is 1. The standard InChI is InChI=1S/C18H28N4O2/c1-14(23)15-4-6-16(7-5-15)19-18(24)20-17-8-10-22(11-9-17)13-12-21(2)3/h4-7,17H,8-13H2,1-3H3,(H2,19,20,24). The molecule has 1 heterocycles. The second kappa shape index (κ2) is 8.80. The van der Waals surface area contributed by atoms with Crippen molar-refractivity contribution in [1.82, 2.24) is 15.1 Å². The zero-order valence-electron chi connectivity index (χ0n) is 14.8. The molecule has 0 aliphatic carbocycles. The largest absolute Gasteiger partial charge is 0.335 e. The van der Waals surface area contributed by atoms with Gasteiger partial charge in [-0.1, -0.05) is 0 Å². The first kappa shape index (κ1) is 18.4. The predicted molar refractivity (Wildman–Crippen MR) is 96.6 cm³/mol. The molecular formula is C18H28N4O2. The molecule has 24 heavy (non-hydrogen) atoms. The minimum Gasteiger partial charge on any atom is -0.335 e. The van der Waals surface area contributed by atoms with Gasteiger partial charge in [0.05, 0.1) is 0 Å². The minimum absolute atomic E-state index is 0.0204. The number of urea groups is 1. The molecule has 0 spiro atoms. The van der Waals surface area contributed by atoms with Crippen molar-refractivity contribution in [3.63, 3.8) is 0 Å². The average molecular weight is 332 g/mol. The molecule has 1 aromatic rings. The number of nitrogens with one attached hydrogen (secondary N) is 2. The van der Waals surface area contributed by atoms with Crippen LogP contribution in [0.15, 0.2) is 24.3 Å². The van der Waals surface area contributed by atoms with Crippen molar-refractivity contribution in [1.29, 1.82) is 0 Å². The minimum atomic E-state index is -0.183. The molecule has 0 atom stereocenters. The summed E-state index contributed by atoms with van der Waals surface area (Å²) in [5.74, 6) is 0.0204. The molecule has 1 aromatic carbocycles. The summed E-state index contributed by atoms with van der Waals surface area (Å²) in [7, 11) is 4.17. The molecule has 1 saturated heterocycles. The summed E-state index contributed by atoms with van der Waals surface area (Å²) in [5, 5.41) is 5.86. The number of carbonyl (C=O) groups excluding carboxylic acids is 2. The lowest BCUT2D eigenvalue weighted by Crippen LogP contribution is -2.47. The number of hydrogen-bond donors (Lipinski definition) is 2. The highest BCUT2D eigenvalue weighted by Gasteiger charge is 2.20. The molecule has 2 N–H and O–H groups in total. The Balaban J connectivity index is 1.72. The SMILES string of the molecule is CC(=O)c1ccc(NC(=O)NC2CCN(CCN(C)C)CC2)cc1. The zero-order valence-corrected chi connectivity index (χ0v) is 14.8. The van der Waals surface area contributed by atoms with Crippen LogP contribution in [0, 0.1) is 0 Å². The van der Waals surface area contributed by atoms with Gasteiger partial charge in [-0.25, -0.2) is 4.79 Å². The number of nitrogens with zero attached hydrogens (tertiary/aromatic N) is 2. The Morgan fingerprint density at radius 2 is 1.79 bits per heavy atom. The number of rotatable bonds is 6. The summed E-state index contributed by atoms with van der Waals surface area (Å²) in [4.78, 5) is 28.0. The molecule has 0 saturated carbocycles. The Kier molecular flexibility index (Phi) is 6.75. The van der Waals surface area contributed by atoms with Gasteiger partial charge < -0.3 is 20.4 Å². The van der Waals surface area contributed by atoms with Crippen LogP contribution in [-0.2, 0) is 0 Å². The van der Waals surface area contributed by atoms with Crippen LogP contribution in [0.4, 0.5) is 10.5 Å². The van der Waals surface area contributed by atoms with Crippen LogP contribution in [0.25, 0.3) is 0 Å². The quantitative estimate of drug-likeness (QED) is 0.783. The van der Waals surface area contributed by atoms with Crippen molar-refractivity contribution in [3.05, 3.63) is 29.8 Å². The Morgan fingerprint density at radius 3 is 2.33 bits per heavy atom. The van der Waals surface area contributed by atoms with E-state index in [1.54, 1.807) is 24.3 Å². The summed E-state index contributed by atoms with van der Waals surface area (Å²) in [6.07, 6.45) is 1.95.